The summed E-state index contributed by atoms with van der Waals surface area (Å²) in [4.78, 5) is 14.0. The lowest BCUT2D eigenvalue weighted by Crippen LogP contribution is -2.19. The van der Waals surface area contributed by atoms with Gasteiger partial charge in [0.1, 0.15) is 0 Å². The molecule has 2 rings (SSSR count). The van der Waals surface area contributed by atoms with Crippen LogP contribution in [0.2, 0.25) is 0 Å². The van der Waals surface area contributed by atoms with Crippen molar-refractivity contribution < 1.29 is 4.79 Å². The van der Waals surface area contributed by atoms with Crippen molar-refractivity contribution in [1.82, 2.24) is 14.7 Å². The number of likely N-dealkylation sites (N-methyl/N-ethyl adjacent to an activating group) is 1. The van der Waals surface area contributed by atoms with E-state index >= 15 is 0 Å². The van der Waals surface area contributed by atoms with Crippen LogP contribution in [0.5, 0.6) is 0 Å². The molecule has 0 aliphatic carbocycles. The maximum Gasteiger partial charge on any atom is 0.229 e. The average molecular weight is 287 g/mol. The number of nitrogens with one attached hydrogen (secondary N) is 1. The SMILES string of the molecule is CN(C)CCn1ccc(NC(=O)Cc2ccc(N)cc2)n1. The highest BCUT2D eigenvalue weighted by Crippen LogP contribution is 2.08. The molecule has 3 N–H and O–H groups in total. The molecule has 1 aromatic heterocycles. The Labute approximate surface area is 124 Å². The van der Waals surface area contributed by atoms with E-state index in [1.54, 1.807) is 18.2 Å². The van der Waals surface area contributed by atoms with Crippen molar-refractivity contribution in [2.75, 3.05) is 31.7 Å². The third-order valence-corrected chi connectivity index (χ3v) is 3.03. The molecule has 0 aliphatic heterocycles. The average Bonchev–Trinajstić information content (AvgIpc) is 2.86. The molecule has 1 amide bonds. The van der Waals surface area contributed by atoms with Gasteiger partial charge in [-0.3, -0.25) is 9.48 Å². The highest BCUT2D eigenvalue weighted by Gasteiger charge is 2.06. The maximum absolute atomic E-state index is 11.9. The largest absolute Gasteiger partial charge is 0.399 e. The minimum atomic E-state index is -0.0855. The Balaban J connectivity index is 1.86. The Bertz CT molecular complexity index is 588. The van der Waals surface area contributed by atoms with Gasteiger partial charge < -0.3 is 16.0 Å². The lowest BCUT2D eigenvalue weighted by Gasteiger charge is -2.08. The van der Waals surface area contributed by atoms with Crippen LogP contribution in [0.15, 0.2) is 36.5 Å². The molecule has 6 heteroatoms. The van der Waals surface area contributed by atoms with Gasteiger partial charge in [-0.25, -0.2) is 0 Å². The first-order valence-corrected chi connectivity index (χ1v) is 6.85. The predicted octanol–water partition coefficient (Wildman–Crippen LogP) is 1.21. The van der Waals surface area contributed by atoms with E-state index in [-0.39, 0.29) is 5.91 Å². The molecule has 0 atom stereocenters. The van der Waals surface area contributed by atoms with Crippen molar-refractivity contribution in [3.63, 3.8) is 0 Å². The van der Waals surface area contributed by atoms with E-state index in [2.05, 4.69) is 15.3 Å². The van der Waals surface area contributed by atoms with Gasteiger partial charge in [-0.1, -0.05) is 12.1 Å². The molecule has 0 unspecified atom stereocenters. The topological polar surface area (TPSA) is 76.2 Å². The first-order valence-electron chi connectivity index (χ1n) is 6.85. The molecule has 6 nitrogen and oxygen atoms in total. The number of hydrogen-bond acceptors (Lipinski definition) is 4. The fraction of sp³-hybridized carbons (Fsp3) is 0.333. The zero-order valence-corrected chi connectivity index (χ0v) is 12.4. The molecular formula is C15H21N5O. The predicted molar refractivity (Wildman–Crippen MR) is 84.0 cm³/mol. The van der Waals surface area contributed by atoms with Crippen molar-refractivity contribution in [2.24, 2.45) is 0 Å². The number of nitrogens with zero attached hydrogens (tertiary/aromatic N) is 3. The second-order valence-corrected chi connectivity index (χ2v) is 5.23. The summed E-state index contributed by atoms with van der Waals surface area (Å²) in [6.45, 7) is 1.70. The van der Waals surface area contributed by atoms with Crippen molar-refractivity contribution in [3.8, 4) is 0 Å². The van der Waals surface area contributed by atoms with Gasteiger partial charge in [-0.2, -0.15) is 5.10 Å². The van der Waals surface area contributed by atoms with E-state index in [0.717, 1.165) is 18.7 Å². The van der Waals surface area contributed by atoms with Crippen molar-refractivity contribution in [3.05, 3.63) is 42.1 Å². The molecule has 1 heterocycles. The minimum Gasteiger partial charge on any atom is -0.399 e. The number of rotatable bonds is 6. The standard InChI is InChI=1S/C15H21N5O/c1-19(2)9-10-20-8-7-14(18-20)17-15(21)11-12-3-5-13(16)6-4-12/h3-8H,9-11,16H2,1-2H3,(H,17,18,21). The molecule has 0 bridgehead atoms. The molecule has 2 aromatic rings. The Morgan fingerprint density at radius 1 is 1.29 bits per heavy atom. The lowest BCUT2D eigenvalue weighted by molar-refractivity contribution is -0.115. The molecule has 21 heavy (non-hydrogen) atoms. The smallest absolute Gasteiger partial charge is 0.229 e. The van der Waals surface area contributed by atoms with Gasteiger partial charge in [-0.15, -0.1) is 0 Å². The van der Waals surface area contributed by atoms with E-state index in [4.69, 9.17) is 5.73 Å². The second kappa shape index (κ2) is 6.90. The van der Waals surface area contributed by atoms with E-state index in [0.29, 0.717) is 17.9 Å². The molecule has 0 spiro atoms. The van der Waals surface area contributed by atoms with E-state index in [9.17, 15) is 4.79 Å². The van der Waals surface area contributed by atoms with Gasteiger partial charge >= 0.3 is 0 Å². The highest BCUT2D eigenvalue weighted by atomic mass is 16.1. The number of carbonyl (C=O) groups excluding carboxylic acids is 1. The third kappa shape index (κ3) is 4.92. The van der Waals surface area contributed by atoms with E-state index < -0.39 is 0 Å². The van der Waals surface area contributed by atoms with Crippen LogP contribution < -0.4 is 11.1 Å². The van der Waals surface area contributed by atoms with Crippen LogP contribution in [0.25, 0.3) is 0 Å². The summed E-state index contributed by atoms with van der Waals surface area (Å²) in [5.41, 5.74) is 7.23. The first-order chi connectivity index (χ1) is 10.0. The summed E-state index contributed by atoms with van der Waals surface area (Å²) in [7, 11) is 4.03. The van der Waals surface area contributed by atoms with Crippen LogP contribution in [0.4, 0.5) is 11.5 Å². The molecule has 1 aromatic carbocycles. The van der Waals surface area contributed by atoms with Gasteiger partial charge in [0.2, 0.25) is 5.91 Å². The fourth-order valence-electron chi connectivity index (χ4n) is 1.86. The number of carbonyl (C=O) groups is 1. The first kappa shape index (κ1) is 15.1. The molecule has 0 aliphatic rings. The summed E-state index contributed by atoms with van der Waals surface area (Å²) in [6, 6.07) is 9.09. The van der Waals surface area contributed by atoms with Gasteiger partial charge in [0.15, 0.2) is 5.82 Å². The molecule has 112 valence electrons. The van der Waals surface area contributed by atoms with Crippen LogP contribution in [0.1, 0.15) is 5.56 Å². The van der Waals surface area contributed by atoms with Crippen molar-refractivity contribution >= 4 is 17.4 Å². The number of amides is 1. The highest BCUT2D eigenvalue weighted by molar-refractivity contribution is 5.91. The van der Waals surface area contributed by atoms with Gasteiger partial charge in [-0.05, 0) is 31.8 Å². The minimum absolute atomic E-state index is 0.0855. The molecule has 0 fully saturated rings. The van der Waals surface area contributed by atoms with Gasteiger partial charge in [0.05, 0.1) is 13.0 Å². The van der Waals surface area contributed by atoms with Gasteiger partial charge in [0.25, 0.3) is 0 Å². The van der Waals surface area contributed by atoms with E-state index in [1.165, 1.54) is 0 Å². The lowest BCUT2D eigenvalue weighted by atomic mass is 10.1. The summed E-state index contributed by atoms with van der Waals surface area (Å²) in [6.07, 6.45) is 2.17. The van der Waals surface area contributed by atoms with Crippen LogP contribution in [0.3, 0.4) is 0 Å². The number of nitrogens with two attached hydrogens (primary N) is 1. The number of aromatic nitrogens is 2. The van der Waals surface area contributed by atoms with Crippen molar-refractivity contribution in [1.29, 1.82) is 0 Å². The zero-order chi connectivity index (χ0) is 15.2. The van der Waals surface area contributed by atoms with Gasteiger partial charge in [0, 0.05) is 24.5 Å². The Kier molecular flexibility index (Phi) is 4.94. The fourth-order valence-corrected chi connectivity index (χ4v) is 1.86. The van der Waals surface area contributed by atoms with Crippen LogP contribution in [0, 0.1) is 0 Å². The van der Waals surface area contributed by atoms with Crippen LogP contribution in [-0.2, 0) is 17.8 Å². The Morgan fingerprint density at radius 2 is 2.00 bits per heavy atom. The van der Waals surface area contributed by atoms with Crippen LogP contribution in [-0.4, -0.2) is 41.2 Å². The summed E-state index contributed by atoms with van der Waals surface area (Å²) < 4.78 is 1.82. The summed E-state index contributed by atoms with van der Waals surface area (Å²) >= 11 is 0. The molecule has 0 radical (unpaired) electrons. The third-order valence-electron chi connectivity index (χ3n) is 3.03. The summed E-state index contributed by atoms with van der Waals surface area (Å²) in [5.74, 6) is 0.492. The van der Waals surface area contributed by atoms with E-state index in [1.807, 2.05) is 37.1 Å². The number of benzene rings is 1. The second-order valence-electron chi connectivity index (χ2n) is 5.23. The summed E-state index contributed by atoms with van der Waals surface area (Å²) in [5, 5.41) is 7.11. The Morgan fingerprint density at radius 3 is 2.67 bits per heavy atom. The monoisotopic (exact) mass is 287 g/mol. The normalized spacial score (nSPS) is 10.8. The van der Waals surface area contributed by atoms with Crippen LogP contribution >= 0.6 is 0 Å². The number of hydrogen-bond donors (Lipinski definition) is 2. The number of nitrogen functional groups attached to an aromatic ring is 1. The molecular weight excluding hydrogens is 266 g/mol. The maximum atomic E-state index is 11.9. The quantitative estimate of drug-likeness (QED) is 0.783. The molecule has 0 saturated heterocycles. The Hall–Kier alpha value is -2.34. The number of anilines is 2. The zero-order valence-electron chi connectivity index (χ0n) is 12.4. The molecule has 0 saturated carbocycles. The van der Waals surface area contributed by atoms with Crippen molar-refractivity contribution in [2.45, 2.75) is 13.0 Å².